The predicted molar refractivity (Wildman–Crippen MR) is 78.2 cm³/mol. The lowest BCUT2D eigenvalue weighted by Crippen LogP contribution is -2.30. The van der Waals surface area contributed by atoms with Gasteiger partial charge in [-0.05, 0) is 44.1 Å². The van der Waals surface area contributed by atoms with Crippen LogP contribution in [0.15, 0.2) is 23.1 Å². The molecule has 2 rings (SSSR count). The molecule has 0 amide bonds. The van der Waals surface area contributed by atoms with Crippen molar-refractivity contribution in [2.45, 2.75) is 11.3 Å². The number of nitrogens with zero attached hydrogens (tertiary/aromatic N) is 1. The van der Waals surface area contributed by atoms with E-state index >= 15 is 0 Å². The first-order chi connectivity index (χ1) is 9.42. The average Bonchev–Trinajstić information content (AvgIpc) is 2.82. The van der Waals surface area contributed by atoms with Gasteiger partial charge in [0.2, 0.25) is 10.0 Å². The Hall–Kier alpha value is -1.31. The summed E-state index contributed by atoms with van der Waals surface area (Å²) in [5.74, 6) is 0.840. The lowest BCUT2D eigenvalue weighted by molar-refractivity contribution is 0.394. The predicted octanol–water partition coefficient (Wildman–Crippen LogP) is 0.507. The van der Waals surface area contributed by atoms with Gasteiger partial charge < -0.3 is 15.4 Å². The van der Waals surface area contributed by atoms with E-state index in [9.17, 15) is 8.42 Å². The largest absolute Gasteiger partial charge is 0.495 e. The maximum Gasteiger partial charge on any atom is 0.240 e. The SMILES string of the molecule is COc1ccc(S(=O)(=O)NCC2CCN(C)C2)cc1N. The molecular weight excluding hydrogens is 278 g/mol. The number of nitrogens with two attached hydrogens (primary N) is 1. The maximum atomic E-state index is 12.2. The fourth-order valence-corrected chi connectivity index (χ4v) is 3.53. The monoisotopic (exact) mass is 299 g/mol. The minimum Gasteiger partial charge on any atom is -0.495 e. The minimum atomic E-state index is -3.52. The third-order valence-electron chi connectivity index (χ3n) is 3.56. The molecule has 1 aromatic carbocycles. The Morgan fingerprint density at radius 3 is 2.80 bits per heavy atom. The van der Waals surface area contributed by atoms with Crippen molar-refractivity contribution in [2.75, 3.05) is 39.5 Å². The van der Waals surface area contributed by atoms with Crippen LogP contribution in [-0.2, 0) is 10.0 Å². The summed E-state index contributed by atoms with van der Waals surface area (Å²) in [4.78, 5) is 2.37. The van der Waals surface area contributed by atoms with Gasteiger partial charge in [-0.15, -0.1) is 0 Å². The van der Waals surface area contributed by atoms with Crippen LogP contribution in [0.25, 0.3) is 0 Å². The van der Waals surface area contributed by atoms with Crippen molar-refractivity contribution in [3.8, 4) is 5.75 Å². The molecule has 1 unspecified atom stereocenters. The van der Waals surface area contributed by atoms with Crippen molar-refractivity contribution in [1.82, 2.24) is 9.62 Å². The van der Waals surface area contributed by atoms with Gasteiger partial charge in [-0.2, -0.15) is 0 Å². The Balaban J connectivity index is 2.04. The highest BCUT2D eigenvalue weighted by Crippen LogP contribution is 2.24. The zero-order valence-electron chi connectivity index (χ0n) is 11.8. The van der Waals surface area contributed by atoms with Crippen LogP contribution in [0.1, 0.15) is 6.42 Å². The molecule has 6 nitrogen and oxygen atoms in total. The molecule has 0 aliphatic carbocycles. The van der Waals surface area contributed by atoms with Gasteiger partial charge in [0.1, 0.15) is 5.75 Å². The summed E-state index contributed by atoms with van der Waals surface area (Å²) >= 11 is 0. The zero-order valence-corrected chi connectivity index (χ0v) is 12.6. The molecule has 1 aliphatic heterocycles. The van der Waals surface area contributed by atoms with Gasteiger partial charge in [0.15, 0.2) is 0 Å². The van der Waals surface area contributed by atoms with Gasteiger partial charge in [-0.1, -0.05) is 0 Å². The van der Waals surface area contributed by atoms with Crippen molar-refractivity contribution >= 4 is 15.7 Å². The standard InChI is InChI=1S/C13H21N3O3S/c1-16-6-5-10(9-16)8-15-20(17,18)11-3-4-13(19-2)12(14)7-11/h3-4,7,10,15H,5-6,8-9,14H2,1-2H3. The highest BCUT2D eigenvalue weighted by atomic mass is 32.2. The number of rotatable bonds is 5. The fourth-order valence-electron chi connectivity index (χ4n) is 2.38. The molecule has 0 bridgehead atoms. The van der Waals surface area contributed by atoms with Crippen LogP contribution < -0.4 is 15.2 Å². The topological polar surface area (TPSA) is 84.7 Å². The molecule has 1 aromatic rings. The third kappa shape index (κ3) is 3.41. The van der Waals surface area contributed by atoms with Crippen LogP contribution in [0.5, 0.6) is 5.75 Å². The smallest absolute Gasteiger partial charge is 0.240 e. The van der Waals surface area contributed by atoms with Crippen molar-refractivity contribution < 1.29 is 13.2 Å². The quantitative estimate of drug-likeness (QED) is 0.774. The Bertz CT molecular complexity index is 574. The highest BCUT2D eigenvalue weighted by Gasteiger charge is 2.22. The Morgan fingerprint density at radius 1 is 1.50 bits per heavy atom. The summed E-state index contributed by atoms with van der Waals surface area (Å²) in [7, 11) is 0.0183. The number of hydrogen-bond acceptors (Lipinski definition) is 5. The second-order valence-corrected chi connectivity index (χ2v) is 6.94. The molecule has 1 atom stereocenters. The van der Waals surface area contributed by atoms with Gasteiger partial charge in [-0.25, -0.2) is 13.1 Å². The van der Waals surface area contributed by atoms with E-state index in [0.29, 0.717) is 23.9 Å². The summed E-state index contributed by atoms with van der Waals surface area (Å²) in [5, 5.41) is 0. The van der Waals surface area contributed by atoms with Crippen LogP contribution in [0.3, 0.4) is 0 Å². The molecule has 0 spiro atoms. The van der Waals surface area contributed by atoms with Gasteiger partial charge in [0.25, 0.3) is 0 Å². The summed E-state index contributed by atoms with van der Waals surface area (Å²) in [5.41, 5.74) is 6.06. The molecular formula is C13H21N3O3S. The number of anilines is 1. The molecule has 112 valence electrons. The van der Waals surface area contributed by atoms with Crippen LogP contribution in [0.4, 0.5) is 5.69 Å². The van der Waals surface area contributed by atoms with Gasteiger partial charge in [0.05, 0.1) is 17.7 Å². The molecule has 1 saturated heterocycles. The zero-order chi connectivity index (χ0) is 14.8. The van der Waals surface area contributed by atoms with Crippen molar-refractivity contribution in [3.63, 3.8) is 0 Å². The number of ether oxygens (including phenoxy) is 1. The van der Waals surface area contributed by atoms with Crippen molar-refractivity contribution in [3.05, 3.63) is 18.2 Å². The molecule has 1 aliphatic rings. The third-order valence-corrected chi connectivity index (χ3v) is 4.98. The molecule has 0 saturated carbocycles. The summed E-state index contributed by atoms with van der Waals surface area (Å²) < 4.78 is 32.1. The molecule has 7 heteroatoms. The number of benzene rings is 1. The highest BCUT2D eigenvalue weighted by molar-refractivity contribution is 7.89. The Morgan fingerprint density at radius 2 is 2.25 bits per heavy atom. The molecule has 20 heavy (non-hydrogen) atoms. The average molecular weight is 299 g/mol. The molecule has 1 heterocycles. The minimum absolute atomic E-state index is 0.169. The van der Waals surface area contributed by atoms with Crippen LogP contribution >= 0.6 is 0 Å². The van der Waals surface area contributed by atoms with E-state index in [0.717, 1.165) is 19.5 Å². The van der Waals surface area contributed by atoms with E-state index < -0.39 is 10.0 Å². The molecule has 0 aromatic heterocycles. The maximum absolute atomic E-state index is 12.2. The van der Waals surface area contributed by atoms with E-state index in [2.05, 4.69) is 9.62 Å². The first-order valence-electron chi connectivity index (χ1n) is 6.54. The van der Waals surface area contributed by atoms with Crippen LogP contribution in [0.2, 0.25) is 0 Å². The molecule has 1 fully saturated rings. The van der Waals surface area contributed by atoms with E-state index in [1.165, 1.54) is 19.2 Å². The van der Waals surface area contributed by atoms with Gasteiger partial charge in [-0.3, -0.25) is 0 Å². The van der Waals surface area contributed by atoms with Crippen molar-refractivity contribution in [1.29, 1.82) is 0 Å². The second kappa shape index (κ2) is 5.99. The lowest BCUT2D eigenvalue weighted by Gasteiger charge is -2.13. The Labute approximate surface area is 120 Å². The van der Waals surface area contributed by atoms with E-state index in [1.54, 1.807) is 6.07 Å². The first-order valence-corrected chi connectivity index (χ1v) is 8.02. The summed E-state index contributed by atoms with van der Waals surface area (Å²) in [6, 6.07) is 4.48. The summed E-state index contributed by atoms with van der Waals surface area (Å²) in [6.07, 6.45) is 1.02. The van der Waals surface area contributed by atoms with E-state index in [4.69, 9.17) is 10.5 Å². The van der Waals surface area contributed by atoms with E-state index in [-0.39, 0.29) is 4.90 Å². The number of hydrogen-bond donors (Lipinski definition) is 2. The fraction of sp³-hybridized carbons (Fsp3) is 0.538. The number of methoxy groups -OCH3 is 1. The molecule has 0 radical (unpaired) electrons. The summed E-state index contributed by atoms with van der Waals surface area (Å²) in [6.45, 7) is 2.40. The lowest BCUT2D eigenvalue weighted by atomic mass is 10.1. The first kappa shape index (κ1) is 15.1. The van der Waals surface area contributed by atoms with Gasteiger partial charge >= 0.3 is 0 Å². The number of nitrogens with one attached hydrogen (secondary N) is 1. The van der Waals surface area contributed by atoms with Crippen LogP contribution in [0, 0.1) is 5.92 Å². The number of nitrogen functional groups attached to an aromatic ring is 1. The Kier molecular flexibility index (Phi) is 4.52. The van der Waals surface area contributed by atoms with E-state index in [1.807, 2.05) is 7.05 Å². The van der Waals surface area contributed by atoms with Crippen molar-refractivity contribution in [2.24, 2.45) is 5.92 Å². The molecule has 3 N–H and O–H groups in total. The van der Waals surface area contributed by atoms with Gasteiger partial charge in [0, 0.05) is 13.1 Å². The second-order valence-electron chi connectivity index (χ2n) is 5.17. The number of likely N-dealkylation sites (tertiary alicyclic amines) is 1. The van der Waals surface area contributed by atoms with Crippen LogP contribution in [-0.4, -0.2) is 47.1 Å². The number of sulfonamides is 1. The normalized spacial score (nSPS) is 20.2.